The molecule has 0 spiro atoms. The molecule has 0 heterocycles. The molecule has 0 saturated heterocycles. The molecule has 0 aliphatic heterocycles. The molecule has 1 atom stereocenters. The van der Waals surface area contributed by atoms with Gasteiger partial charge in [-0.25, -0.2) is 4.79 Å². The Morgan fingerprint density at radius 3 is 2.45 bits per heavy atom. The highest BCUT2D eigenvalue weighted by Crippen LogP contribution is 2.13. The molecule has 3 N–H and O–H groups in total. The molecule has 110 valence electrons. The van der Waals surface area contributed by atoms with E-state index in [1.54, 1.807) is 7.11 Å². The monoisotopic (exact) mass is 281 g/mol. The lowest BCUT2D eigenvalue weighted by Gasteiger charge is -2.11. The van der Waals surface area contributed by atoms with Gasteiger partial charge in [0, 0.05) is 6.42 Å². The molecule has 1 rings (SSSR count). The van der Waals surface area contributed by atoms with Crippen molar-refractivity contribution in [2.24, 2.45) is 0 Å². The third-order valence-corrected chi connectivity index (χ3v) is 2.84. The number of methoxy groups -OCH3 is 1. The number of nitrogens with one attached hydrogen (secondary N) is 1. The van der Waals surface area contributed by atoms with E-state index in [0.29, 0.717) is 12.8 Å². The van der Waals surface area contributed by atoms with Gasteiger partial charge in [0.15, 0.2) is 0 Å². The zero-order chi connectivity index (χ0) is 15.0. The van der Waals surface area contributed by atoms with Crippen molar-refractivity contribution in [1.29, 1.82) is 0 Å². The number of carboxylic acid groups (broad SMARTS) is 1. The Labute approximate surface area is 117 Å². The fourth-order valence-electron chi connectivity index (χ4n) is 1.70. The summed E-state index contributed by atoms with van der Waals surface area (Å²) in [4.78, 5) is 22.1. The van der Waals surface area contributed by atoms with Gasteiger partial charge in [0.25, 0.3) is 0 Å². The number of amides is 1. The largest absolute Gasteiger partial charge is 0.497 e. The van der Waals surface area contributed by atoms with Crippen molar-refractivity contribution in [3.05, 3.63) is 29.8 Å². The number of aliphatic carboxylic acids is 1. The van der Waals surface area contributed by atoms with Crippen molar-refractivity contribution in [2.45, 2.75) is 25.3 Å². The van der Waals surface area contributed by atoms with Crippen LogP contribution in [0.25, 0.3) is 0 Å². The average molecular weight is 281 g/mol. The fraction of sp³-hybridized carbons (Fsp3) is 0.429. The molecule has 0 radical (unpaired) electrons. The van der Waals surface area contributed by atoms with E-state index in [1.807, 2.05) is 24.3 Å². The van der Waals surface area contributed by atoms with Crippen LogP contribution in [0.5, 0.6) is 5.75 Å². The van der Waals surface area contributed by atoms with Gasteiger partial charge in [-0.2, -0.15) is 0 Å². The second kappa shape index (κ2) is 8.16. The number of rotatable bonds is 8. The van der Waals surface area contributed by atoms with Crippen LogP contribution in [0, 0.1) is 0 Å². The van der Waals surface area contributed by atoms with Gasteiger partial charge in [-0.3, -0.25) is 4.79 Å². The van der Waals surface area contributed by atoms with Crippen LogP contribution >= 0.6 is 0 Å². The minimum Gasteiger partial charge on any atom is -0.497 e. The van der Waals surface area contributed by atoms with Gasteiger partial charge in [0.2, 0.25) is 5.91 Å². The van der Waals surface area contributed by atoms with Gasteiger partial charge in [0.05, 0.1) is 13.7 Å². The molecule has 1 aromatic carbocycles. The first kappa shape index (κ1) is 16.0. The van der Waals surface area contributed by atoms with E-state index < -0.39 is 18.6 Å². The van der Waals surface area contributed by atoms with Crippen LogP contribution in [-0.4, -0.2) is 41.8 Å². The standard InChI is InChI=1S/C14H19NO5/c1-20-11-7-5-10(6-8-11)3-2-4-13(17)15-12(9-16)14(18)19/h5-8,12,16H,2-4,9H2,1H3,(H,15,17)(H,18,19). The highest BCUT2D eigenvalue weighted by molar-refractivity contribution is 5.83. The third kappa shape index (κ3) is 5.27. The van der Waals surface area contributed by atoms with Crippen molar-refractivity contribution in [3.63, 3.8) is 0 Å². The van der Waals surface area contributed by atoms with Crippen LogP contribution in [0.2, 0.25) is 0 Å². The van der Waals surface area contributed by atoms with Crippen LogP contribution in [0.3, 0.4) is 0 Å². The summed E-state index contributed by atoms with van der Waals surface area (Å²) in [6.07, 6.45) is 1.54. The second-order valence-corrected chi connectivity index (χ2v) is 4.34. The maximum absolute atomic E-state index is 11.5. The van der Waals surface area contributed by atoms with Gasteiger partial charge in [-0.05, 0) is 30.5 Å². The molecule has 0 saturated carbocycles. The summed E-state index contributed by atoms with van der Waals surface area (Å²) < 4.78 is 5.05. The van der Waals surface area contributed by atoms with E-state index in [-0.39, 0.29) is 12.3 Å². The lowest BCUT2D eigenvalue weighted by Crippen LogP contribution is -2.43. The maximum Gasteiger partial charge on any atom is 0.328 e. The third-order valence-electron chi connectivity index (χ3n) is 2.84. The van der Waals surface area contributed by atoms with Crippen LogP contribution in [0.1, 0.15) is 18.4 Å². The van der Waals surface area contributed by atoms with E-state index in [4.69, 9.17) is 14.9 Å². The quantitative estimate of drug-likeness (QED) is 0.648. The first-order valence-corrected chi connectivity index (χ1v) is 6.32. The molecule has 0 aliphatic carbocycles. The normalized spacial score (nSPS) is 11.7. The molecule has 0 aliphatic rings. The van der Waals surface area contributed by atoms with E-state index in [9.17, 15) is 9.59 Å². The number of carboxylic acids is 1. The molecule has 1 unspecified atom stereocenters. The molecule has 1 aromatic rings. The van der Waals surface area contributed by atoms with Gasteiger partial charge in [0.1, 0.15) is 11.8 Å². The van der Waals surface area contributed by atoms with Gasteiger partial charge in [-0.1, -0.05) is 12.1 Å². The molecule has 0 fully saturated rings. The predicted molar refractivity (Wildman–Crippen MR) is 72.6 cm³/mol. The fourth-order valence-corrected chi connectivity index (χ4v) is 1.70. The van der Waals surface area contributed by atoms with Crippen molar-refractivity contribution in [1.82, 2.24) is 5.32 Å². The minimum absolute atomic E-state index is 0.218. The van der Waals surface area contributed by atoms with Gasteiger partial charge < -0.3 is 20.3 Å². The summed E-state index contributed by atoms with van der Waals surface area (Å²) in [5.41, 5.74) is 1.08. The number of ether oxygens (including phenoxy) is 1. The summed E-state index contributed by atoms with van der Waals surface area (Å²) in [5, 5.41) is 19.7. The van der Waals surface area contributed by atoms with Gasteiger partial charge >= 0.3 is 5.97 Å². The summed E-state index contributed by atoms with van der Waals surface area (Å²) in [5.74, 6) is -0.838. The first-order valence-electron chi connectivity index (χ1n) is 6.32. The Kier molecular flexibility index (Phi) is 6.52. The first-order chi connectivity index (χ1) is 9.56. The van der Waals surface area contributed by atoms with E-state index >= 15 is 0 Å². The smallest absolute Gasteiger partial charge is 0.328 e. The number of aliphatic hydroxyl groups is 1. The Balaban J connectivity index is 2.32. The van der Waals surface area contributed by atoms with Crippen LogP contribution in [-0.2, 0) is 16.0 Å². The molecular weight excluding hydrogens is 262 g/mol. The van der Waals surface area contributed by atoms with Crippen LogP contribution < -0.4 is 10.1 Å². The number of hydrogen-bond acceptors (Lipinski definition) is 4. The molecule has 20 heavy (non-hydrogen) atoms. The van der Waals surface area contributed by atoms with E-state index in [2.05, 4.69) is 5.32 Å². The zero-order valence-corrected chi connectivity index (χ0v) is 11.3. The maximum atomic E-state index is 11.5. The molecule has 6 nitrogen and oxygen atoms in total. The highest BCUT2D eigenvalue weighted by atomic mass is 16.5. The number of carbonyl (C=O) groups excluding carboxylic acids is 1. The SMILES string of the molecule is COc1ccc(CCCC(=O)NC(CO)C(=O)O)cc1. The summed E-state index contributed by atoms with van der Waals surface area (Å²) in [7, 11) is 1.60. The average Bonchev–Trinajstić information content (AvgIpc) is 2.45. The summed E-state index contributed by atoms with van der Waals surface area (Å²) >= 11 is 0. The highest BCUT2D eigenvalue weighted by Gasteiger charge is 2.18. The predicted octanol–water partition coefficient (Wildman–Crippen LogP) is 0.580. The van der Waals surface area contributed by atoms with Crippen molar-refractivity contribution in [3.8, 4) is 5.75 Å². The van der Waals surface area contributed by atoms with Crippen LogP contribution in [0.15, 0.2) is 24.3 Å². The number of hydrogen-bond donors (Lipinski definition) is 3. The molecule has 6 heteroatoms. The Hall–Kier alpha value is -2.08. The molecule has 0 aromatic heterocycles. The molecular formula is C14H19NO5. The van der Waals surface area contributed by atoms with Crippen molar-refractivity contribution in [2.75, 3.05) is 13.7 Å². The van der Waals surface area contributed by atoms with Crippen molar-refractivity contribution < 1.29 is 24.5 Å². The van der Waals surface area contributed by atoms with Crippen LogP contribution in [0.4, 0.5) is 0 Å². The van der Waals surface area contributed by atoms with E-state index in [0.717, 1.165) is 11.3 Å². The number of benzene rings is 1. The molecule has 0 bridgehead atoms. The number of aryl methyl sites for hydroxylation is 1. The lowest BCUT2D eigenvalue weighted by molar-refractivity contribution is -0.142. The summed E-state index contributed by atoms with van der Waals surface area (Å²) in [6.45, 7) is -0.612. The van der Waals surface area contributed by atoms with E-state index in [1.165, 1.54) is 0 Å². The number of carbonyl (C=O) groups is 2. The van der Waals surface area contributed by atoms with Crippen molar-refractivity contribution >= 4 is 11.9 Å². The zero-order valence-electron chi connectivity index (χ0n) is 11.3. The minimum atomic E-state index is -1.24. The Bertz CT molecular complexity index is 443. The number of aliphatic hydroxyl groups excluding tert-OH is 1. The lowest BCUT2D eigenvalue weighted by atomic mass is 10.1. The Morgan fingerprint density at radius 1 is 1.30 bits per heavy atom. The topological polar surface area (TPSA) is 95.9 Å². The summed E-state index contributed by atoms with van der Waals surface area (Å²) in [6, 6.07) is 6.31. The van der Waals surface area contributed by atoms with Gasteiger partial charge in [-0.15, -0.1) is 0 Å². The second-order valence-electron chi connectivity index (χ2n) is 4.34. The Morgan fingerprint density at radius 2 is 1.95 bits per heavy atom. The molecule has 1 amide bonds.